The summed E-state index contributed by atoms with van der Waals surface area (Å²) in [4.78, 5) is -0.757. The van der Waals surface area contributed by atoms with Crippen LogP contribution in [0.3, 0.4) is 0 Å². The molecular formula is C21H17F4NO3S. The van der Waals surface area contributed by atoms with Crippen LogP contribution < -0.4 is 0 Å². The van der Waals surface area contributed by atoms with Gasteiger partial charge in [0, 0.05) is 24.2 Å². The fourth-order valence-corrected chi connectivity index (χ4v) is 5.79. The molecule has 4 nitrogen and oxygen atoms in total. The summed E-state index contributed by atoms with van der Waals surface area (Å²) < 4.78 is 82.0. The highest BCUT2D eigenvalue weighted by Crippen LogP contribution is 2.49. The zero-order chi connectivity index (χ0) is 22.0. The zero-order valence-corrected chi connectivity index (χ0v) is 16.6. The summed E-state index contributed by atoms with van der Waals surface area (Å²) in [6, 6.07) is 4.73. The van der Waals surface area contributed by atoms with Gasteiger partial charge in [-0.25, -0.2) is 26.0 Å². The first kappa shape index (κ1) is 20.8. The highest BCUT2D eigenvalue weighted by Gasteiger charge is 2.42. The molecule has 158 valence electrons. The molecule has 4 atom stereocenters. The largest absolute Gasteiger partial charge is 0.385 e. The molecule has 0 unspecified atom stereocenters. The van der Waals surface area contributed by atoms with E-state index in [2.05, 4.69) is 0 Å². The van der Waals surface area contributed by atoms with E-state index in [-0.39, 0.29) is 52.6 Å². The van der Waals surface area contributed by atoms with Crippen LogP contribution in [0.2, 0.25) is 0 Å². The predicted molar refractivity (Wildman–Crippen MR) is 99.1 cm³/mol. The van der Waals surface area contributed by atoms with Crippen molar-refractivity contribution in [3.8, 4) is 6.07 Å². The predicted octanol–water partition coefficient (Wildman–Crippen LogP) is 4.10. The molecule has 30 heavy (non-hydrogen) atoms. The van der Waals surface area contributed by atoms with E-state index < -0.39 is 50.7 Å². The number of halogens is 4. The third-order valence-corrected chi connectivity index (χ3v) is 7.05. The van der Waals surface area contributed by atoms with Crippen LogP contribution in [-0.2, 0) is 16.3 Å². The topological polar surface area (TPSA) is 78.2 Å². The lowest BCUT2D eigenvalue weighted by molar-refractivity contribution is 0.0903. The molecule has 0 amide bonds. The molecule has 0 saturated heterocycles. The number of nitrogens with zero attached hydrogens (tertiary/aromatic N) is 1. The number of benzene rings is 2. The third-order valence-electron chi connectivity index (χ3n) is 5.89. The highest BCUT2D eigenvalue weighted by molar-refractivity contribution is 7.90. The Hall–Kier alpha value is -2.44. The third kappa shape index (κ3) is 3.10. The van der Waals surface area contributed by atoms with E-state index in [1.165, 1.54) is 0 Å². The van der Waals surface area contributed by atoms with Crippen molar-refractivity contribution in [2.45, 2.75) is 48.5 Å². The van der Waals surface area contributed by atoms with E-state index in [9.17, 15) is 36.3 Å². The summed E-state index contributed by atoms with van der Waals surface area (Å²) in [7, 11) is -4.11. The lowest BCUT2D eigenvalue weighted by atomic mass is 9.74. The fourth-order valence-electron chi connectivity index (χ4n) is 4.73. The Morgan fingerprint density at radius 3 is 2.43 bits per heavy atom. The second-order valence-corrected chi connectivity index (χ2v) is 9.72. The fraction of sp³-hybridized carbons (Fsp3) is 0.381. The van der Waals surface area contributed by atoms with Gasteiger partial charge in [-0.2, -0.15) is 5.26 Å². The van der Waals surface area contributed by atoms with Gasteiger partial charge < -0.3 is 5.11 Å². The molecule has 1 N–H and O–H groups in total. The number of aliphatic hydroxyl groups excluding tert-OH is 1. The van der Waals surface area contributed by atoms with Crippen LogP contribution in [0.5, 0.6) is 0 Å². The Bertz CT molecular complexity index is 1210. The smallest absolute Gasteiger partial charge is 0.178 e. The molecule has 0 fully saturated rings. The number of rotatable bonds is 2. The van der Waals surface area contributed by atoms with Crippen molar-refractivity contribution < 1.29 is 31.1 Å². The lowest BCUT2D eigenvalue weighted by Gasteiger charge is -2.31. The maximum absolute atomic E-state index is 14.9. The molecule has 0 aliphatic heterocycles. The Labute approximate surface area is 170 Å². The van der Waals surface area contributed by atoms with E-state index in [1.807, 2.05) is 6.07 Å². The van der Waals surface area contributed by atoms with Crippen LogP contribution in [0.4, 0.5) is 17.6 Å². The summed E-state index contributed by atoms with van der Waals surface area (Å²) >= 11 is 0. The lowest BCUT2D eigenvalue weighted by Crippen LogP contribution is -2.18. The highest BCUT2D eigenvalue weighted by atomic mass is 32.2. The summed E-state index contributed by atoms with van der Waals surface area (Å²) in [6.07, 6.45) is -4.65. The van der Waals surface area contributed by atoms with E-state index in [4.69, 9.17) is 0 Å². The Kier molecular flexibility index (Phi) is 4.90. The van der Waals surface area contributed by atoms with Gasteiger partial charge in [0.1, 0.15) is 35.0 Å². The molecule has 2 aromatic carbocycles. The minimum Gasteiger partial charge on any atom is -0.385 e. The maximum Gasteiger partial charge on any atom is 0.178 e. The van der Waals surface area contributed by atoms with Crippen LogP contribution in [0.1, 0.15) is 64.4 Å². The SMILES string of the molecule is CS(=O)(=O)c1c(F)cc([C@H]2CC[C@H](F)c3cc(F)cc(C#N)c32)c2c1[C@H](O)[C@H](F)C2. The van der Waals surface area contributed by atoms with Gasteiger partial charge in [-0.15, -0.1) is 0 Å². The van der Waals surface area contributed by atoms with E-state index in [1.54, 1.807) is 0 Å². The molecule has 9 heteroatoms. The van der Waals surface area contributed by atoms with E-state index in [0.717, 1.165) is 24.5 Å². The number of nitriles is 1. The molecule has 2 aliphatic rings. The molecule has 4 rings (SSSR count). The molecule has 0 radical (unpaired) electrons. The van der Waals surface area contributed by atoms with Crippen molar-refractivity contribution >= 4 is 9.84 Å². The average molecular weight is 439 g/mol. The quantitative estimate of drug-likeness (QED) is 0.715. The number of sulfone groups is 1. The van der Waals surface area contributed by atoms with Gasteiger partial charge in [0.25, 0.3) is 0 Å². The molecule has 2 aromatic rings. The van der Waals surface area contributed by atoms with Crippen LogP contribution in [0.25, 0.3) is 0 Å². The average Bonchev–Trinajstić information content (AvgIpc) is 2.95. The minimum atomic E-state index is -4.11. The molecule has 0 bridgehead atoms. The zero-order valence-electron chi connectivity index (χ0n) is 15.8. The number of hydrogen-bond donors (Lipinski definition) is 1. The number of alkyl halides is 2. The number of hydrogen-bond acceptors (Lipinski definition) is 4. The second kappa shape index (κ2) is 7.06. The standard InChI is InChI=1S/C21H17F4NO3S/c1-30(28,29)21-17(25)6-12(13-7-16(24)20(27)19(13)21)11-2-3-15(23)14-5-10(22)4-9(8-26)18(11)14/h4-6,11,15-16,20,27H,2-3,7H2,1H3/t11-,15+,16-,20-/m1/s1. The van der Waals surface area contributed by atoms with Crippen molar-refractivity contribution in [1.29, 1.82) is 5.26 Å². The van der Waals surface area contributed by atoms with Gasteiger partial charge in [0.15, 0.2) is 9.84 Å². The van der Waals surface area contributed by atoms with Gasteiger partial charge in [-0.3, -0.25) is 0 Å². The van der Waals surface area contributed by atoms with E-state index in [0.29, 0.717) is 0 Å². The van der Waals surface area contributed by atoms with E-state index >= 15 is 0 Å². The summed E-state index contributed by atoms with van der Waals surface area (Å²) in [5, 5.41) is 19.7. The summed E-state index contributed by atoms with van der Waals surface area (Å²) in [5.74, 6) is -2.70. The molecular weight excluding hydrogens is 422 g/mol. The van der Waals surface area contributed by atoms with Crippen LogP contribution >= 0.6 is 0 Å². The Morgan fingerprint density at radius 1 is 1.10 bits per heavy atom. The van der Waals surface area contributed by atoms with Crippen molar-refractivity contribution in [1.82, 2.24) is 0 Å². The second-order valence-electron chi connectivity index (χ2n) is 7.77. The van der Waals surface area contributed by atoms with Gasteiger partial charge in [-0.1, -0.05) is 0 Å². The number of fused-ring (bicyclic) bond motifs is 2. The molecule has 0 saturated carbocycles. The van der Waals surface area contributed by atoms with Crippen molar-refractivity contribution in [3.63, 3.8) is 0 Å². The van der Waals surface area contributed by atoms with Gasteiger partial charge >= 0.3 is 0 Å². The van der Waals surface area contributed by atoms with Crippen LogP contribution in [0, 0.1) is 23.0 Å². The summed E-state index contributed by atoms with van der Waals surface area (Å²) in [6.45, 7) is 0. The first-order chi connectivity index (χ1) is 14.0. The normalized spacial score (nSPS) is 25.5. The minimum absolute atomic E-state index is 0.0282. The Balaban J connectivity index is 2.03. The van der Waals surface area contributed by atoms with Crippen molar-refractivity contribution in [2.75, 3.05) is 6.26 Å². The summed E-state index contributed by atoms with van der Waals surface area (Å²) in [5.41, 5.74) is 0.0323. The van der Waals surface area contributed by atoms with Crippen LogP contribution in [0.15, 0.2) is 23.1 Å². The molecule has 2 aliphatic carbocycles. The Morgan fingerprint density at radius 2 is 1.80 bits per heavy atom. The maximum atomic E-state index is 14.9. The van der Waals surface area contributed by atoms with Crippen LogP contribution in [-0.4, -0.2) is 26.0 Å². The molecule has 0 heterocycles. The first-order valence-electron chi connectivity index (χ1n) is 9.29. The van der Waals surface area contributed by atoms with Crippen molar-refractivity contribution in [3.05, 3.63) is 63.2 Å². The number of aliphatic hydroxyl groups is 1. The molecule has 0 aromatic heterocycles. The van der Waals surface area contributed by atoms with Gasteiger partial charge in [-0.05, 0) is 53.3 Å². The van der Waals surface area contributed by atoms with Crippen molar-refractivity contribution in [2.24, 2.45) is 0 Å². The monoisotopic (exact) mass is 439 g/mol. The molecule has 0 spiro atoms. The van der Waals surface area contributed by atoms with Gasteiger partial charge in [0.05, 0.1) is 11.6 Å². The van der Waals surface area contributed by atoms with Gasteiger partial charge in [0.2, 0.25) is 0 Å². The first-order valence-corrected chi connectivity index (χ1v) is 11.2.